The predicted molar refractivity (Wildman–Crippen MR) is 90.1 cm³/mol. The minimum absolute atomic E-state index is 0.108. The van der Waals surface area contributed by atoms with Gasteiger partial charge < -0.3 is 15.0 Å². The van der Waals surface area contributed by atoms with Gasteiger partial charge in [0.15, 0.2) is 0 Å². The summed E-state index contributed by atoms with van der Waals surface area (Å²) in [4.78, 5) is 40.1. The number of carboxylic acid groups (broad SMARTS) is 1. The molecule has 3 rings (SSSR count). The molecule has 1 aliphatic rings. The van der Waals surface area contributed by atoms with Crippen molar-refractivity contribution >= 4 is 22.8 Å². The minimum Gasteiger partial charge on any atom is -0.481 e. The molecule has 0 spiro atoms. The van der Waals surface area contributed by atoms with Crippen molar-refractivity contribution in [2.24, 2.45) is 5.92 Å². The van der Waals surface area contributed by atoms with Crippen molar-refractivity contribution in [3.63, 3.8) is 0 Å². The standard InChI is InChI=1S/C18H20N2O4/c21-16-11-14(13-5-1-2-6-15(13)19-16)18(24)20-8-3-4-12(7-9-20)10-17(22)23/h1-2,5-6,11-12H,3-4,7-10H2,(H,19,21)(H,22,23)/t12-/m0/s1. The number of carboxylic acids is 1. The Morgan fingerprint density at radius 3 is 2.79 bits per heavy atom. The van der Waals surface area contributed by atoms with E-state index in [1.54, 1.807) is 11.0 Å². The number of pyridine rings is 1. The lowest BCUT2D eigenvalue weighted by Crippen LogP contribution is -2.33. The minimum atomic E-state index is -0.791. The van der Waals surface area contributed by atoms with Crippen molar-refractivity contribution in [2.45, 2.75) is 25.7 Å². The van der Waals surface area contributed by atoms with Gasteiger partial charge in [0, 0.05) is 36.5 Å². The molecule has 0 radical (unpaired) electrons. The van der Waals surface area contributed by atoms with Gasteiger partial charge in [0.25, 0.3) is 5.91 Å². The van der Waals surface area contributed by atoms with Crippen LogP contribution in [0.2, 0.25) is 0 Å². The Labute approximate surface area is 139 Å². The van der Waals surface area contributed by atoms with Gasteiger partial charge in [0.05, 0.1) is 5.56 Å². The third kappa shape index (κ3) is 3.48. The highest BCUT2D eigenvalue weighted by Crippen LogP contribution is 2.23. The van der Waals surface area contributed by atoms with Crippen LogP contribution in [0.3, 0.4) is 0 Å². The molecule has 1 aromatic heterocycles. The molecule has 0 aliphatic carbocycles. The fourth-order valence-electron chi connectivity index (χ4n) is 3.37. The highest BCUT2D eigenvalue weighted by atomic mass is 16.4. The lowest BCUT2D eigenvalue weighted by molar-refractivity contribution is -0.138. The second-order valence-electron chi connectivity index (χ2n) is 6.28. The summed E-state index contributed by atoms with van der Waals surface area (Å²) >= 11 is 0. The van der Waals surface area contributed by atoms with E-state index in [9.17, 15) is 14.4 Å². The first kappa shape index (κ1) is 16.2. The SMILES string of the molecule is O=C(O)C[C@H]1CCCN(C(=O)c2cc(=O)[nH]c3ccccc23)CC1. The number of nitrogens with one attached hydrogen (secondary N) is 1. The molecule has 126 valence electrons. The third-order valence-corrected chi connectivity index (χ3v) is 4.58. The van der Waals surface area contributed by atoms with Gasteiger partial charge >= 0.3 is 5.97 Å². The van der Waals surface area contributed by atoms with E-state index in [4.69, 9.17) is 5.11 Å². The number of hydrogen-bond donors (Lipinski definition) is 2. The van der Waals surface area contributed by atoms with E-state index in [1.807, 2.05) is 18.2 Å². The number of aliphatic carboxylic acids is 1. The summed E-state index contributed by atoms with van der Waals surface area (Å²) in [5, 5.41) is 9.67. The summed E-state index contributed by atoms with van der Waals surface area (Å²) in [5.41, 5.74) is 0.758. The van der Waals surface area contributed by atoms with E-state index < -0.39 is 5.97 Å². The number of benzene rings is 1. The molecule has 1 aliphatic heterocycles. The average molecular weight is 328 g/mol. The fourth-order valence-corrected chi connectivity index (χ4v) is 3.37. The van der Waals surface area contributed by atoms with E-state index in [1.165, 1.54) is 6.07 Å². The van der Waals surface area contributed by atoms with Crippen LogP contribution in [0.1, 0.15) is 36.0 Å². The summed E-state index contributed by atoms with van der Waals surface area (Å²) in [6.07, 6.45) is 2.42. The van der Waals surface area contributed by atoms with Crippen molar-refractivity contribution in [1.29, 1.82) is 0 Å². The lowest BCUT2D eigenvalue weighted by atomic mass is 9.97. The van der Waals surface area contributed by atoms with Crippen LogP contribution < -0.4 is 5.56 Å². The lowest BCUT2D eigenvalue weighted by Gasteiger charge is -2.21. The number of hydrogen-bond acceptors (Lipinski definition) is 3. The average Bonchev–Trinajstić information content (AvgIpc) is 2.78. The fraction of sp³-hybridized carbons (Fsp3) is 0.389. The van der Waals surface area contributed by atoms with Gasteiger partial charge in [-0.15, -0.1) is 0 Å². The molecule has 0 saturated carbocycles. The highest BCUT2D eigenvalue weighted by Gasteiger charge is 2.24. The molecule has 1 aromatic carbocycles. The largest absolute Gasteiger partial charge is 0.481 e. The number of aromatic nitrogens is 1. The Bertz CT molecular complexity index is 827. The van der Waals surface area contributed by atoms with Gasteiger partial charge in [-0.3, -0.25) is 14.4 Å². The van der Waals surface area contributed by atoms with Crippen molar-refractivity contribution < 1.29 is 14.7 Å². The van der Waals surface area contributed by atoms with Crippen LogP contribution in [-0.4, -0.2) is 40.0 Å². The second kappa shape index (κ2) is 6.86. The number of carbonyl (C=O) groups excluding carboxylic acids is 1. The molecular formula is C18H20N2O4. The number of rotatable bonds is 3. The molecule has 6 nitrogen and oxygen atoms in total. The van der Waals surface area contributed by atoms with Crippen molar-refractivity contribution in [3.05, 3.63) is 46.2 Å². The van der Waals surface area contributed by atoms with Gasteiger partial charge in [-0.1, -0.05) is 18.2 Å². The van der Waals surface area contributed by atoms with Crippen LogP contribution in [0.15, 0.2) is 35.1 Å². The van der Waals surface area contributed by atoms with E-state index in [0.29, 0.717) is 30.6 Å². The zero-order valence-corrected chi connectivity index (χ0v) is 13.3. The van der Waals surface area contributed by atoms with Crippen LogP contribution in [0.4, 0.5) is 0 Å². The zero-order valence-electron chi connectivity index (χ0n) is 13.3. The maximum Gasteiger partial charge on any atom is 0.303 e. The summed E-state index contributed by atoms with van der Waals surface area (Å²) < 4.78 is 0. The number of H-pyrrole nitrogens is 1. The van der Waals surface area contributed by atoms with Crippen LogP contribution in [0.25, 0.3) is 10.9 Å². The zero-order chi connectivity index (χ0) is 17.1. The topological polar surface area (TPSA) is 90.5 Å². The molecule has 2 heterocycles. The molecule has 0 bridgehead atoms. The van der Waals surface area contributed by atoms with E-state index >= 15 is 0 Å². The van der Waals surface area contributed by atoms with Crippen LogP contribution in [0.5, 0.6) is 0 Å². The summed E-state index contributed by atoms with van der Waals surface area (Å²) in [6.45, 7) is 1.12. The quantitative estimate of drug-likeness (QED) is 0.904. The number of amides is 1. The maximum absolute atomic E-state index is 12.9. The van der Waals surface area contributed by atoms with Crippen molar-refractivity contribution in [1.82, 2.24) is 9.88 Å². The van der Waals surface area contributed by atoms with Gasteiger partial charge in [-0.05, 0) is 31.2 Å². The van der Waals surface area contributed by atoms with Crippen LogP contribution >= 0.6 is 0 Å². The Hall–Kier alpha value is -2.63. The molecule has 1 amide bonds. The van der Waals surface area contributed by atoms with Crippen LogP contribution in [0, 0.1) is 5.92 Å². The first-order valence-electron chi connectivity index (χ1n) is 8.18. The molecule has 1 atom stereocenters. The van der Waals surface area contributed by atoms with Gasteiger partial charge in [-0.25, -0.2) is 0 Å². The first-order valence-corrected chi connectivity index (χ1v) is 8.18. The molecule has 1 fully saturated rings. The summed E-state index contributed by atoms with van der Waals surface area (Å²) in [6, 6.07) is 8.60. The molecule has 2 aromatic rings. The Balaban J connectivity index is 1.84. The Morgan fingerprint density at radius 1 is 1.21 bits per heavy atom. The Kier molecular flexibility index (Phi) is 4.64. The van der Waals surface area contributed by atoms with Crippen molar-refractivity contribution in [2.75, 3.05) is 13.1 Å². The number of fused-ring (bicyclic) bond motifs is 1. The van der Waals surface area contributed by atoms with Gasteiger partial charge in [0.2, 0.25) is 5.56 Å². The van der Waals surface area contributed by atoms with Gasteiger partial charge in [0.1, 0.15) is 0 Å². The van der Waals surface area contributed by atoms with Crippen molar-refractivity contribution in [3.8, 4) is 0 Å². The first-order chi connectivity index (χ1) is 11.5. The van der Waals surface area contributed by atoms with E-state index in [0.717, 1.165) is 18.2 Å². The number of nitrogens with zero attached hydrogens (tertiary/aromatic N) is 1. The van der Waals surface area contributed by atoms with Crippen LogP contribution in [-0.2, 0) is 4.79 Å². The smallest absolute Gasteiger partial charge is 0.303 e. The number of carbonyl (C=O) groups is 2. The maximum atomic E-state index is 12.9. The highest BCUT2D eigenvalue weighted by molar-refractivity contribution is 6.05. The summed E-state index contributed by atoms with van der Waals surface area (Å²) in [5.74, 6) is -0.843. The Morgan fingerprint density at radius 2 is 2.00 bits per heavy atom. The molecule has 1 saturated heterocycles. The normalized spacial score (nSPS) is 18.3. The second-order valence-corrected chi connectivity index (χ2v) is 6.28. The molecule has 2 N–H and O–H groups in total. The summed E-state index contributed by atoms with van der Waals surface area (Å²) in [7, 11) is 0. The monoisotopic (exact) mass is 328 g/mol. The van der Waals surface area contributed by atoms with E-state index in [-0.39, 0.29) is 23.8 Å². The predicted octanol–water partition coefficient (Wildman–Crippen LogP) is 2.25. The molecule has 6 heteroatoms. The van der Waals surface area contributed by atoms with E-state index in [2.05, 4.69) is 4.98 Å². The number of likely N-dealkylation sites (tertiary alicyclic amines) is 1. The number of aromatic amines is 1. The molecular weight excluding hydrogens is 308 g/mol. The third-order valence-electron chi connectivity index (χ3n) is 4.58. The molecule has 24 heavy (non-hydrogen) atoms. The number of para-hydroxylation sites is 1. The molecule has 0 unspecified atom stereocenters. The van der Waals surface area contributed by atoms with Gasteiger partial charge in [-0.2, -0.15) is 0 Å².